The van der Waals surface area contributed by atoms with E-state index in [4.69, 9.17) is 9.47 Å². The van der Waals surface area contributed by atoms with Crippen LogP contribution in [-0.4, -0.2) is 51.0 Å². The highest BCUT2D eigenvalue weighted by atomic mass is 16.6. The molecule has 1 aliphatic rings. The summed E-state index contributed by atoms with van der Waals surface area (Å²) >= 11 is 0. The van der Waals surface area contributed by atoms with Crippen LogP contribution in [0.4, 0.5) is 0 Å². The maximum absolute atomic E-state index is 11.3. The van der Waals surface area contributed by atoms with Crippen LogP contribution in [0.25, 0.3) is 0 Å². The first-order valence-electron chi connectivity index (χ1n) is 5.38. The number of hydrogen-bond acceptors (Lipinski definition) is 4. The maximum atomic E-state index is 11.3. The average molecular weight is 216 g/mol. The lowest BCUT2D eigenvalue weighted by Crippen LogP contribution is -2.43. The van der Waals surface area contributed by atoms with Crippen LogP contribution in [0.3, 0.4) is 0 Å². The largest absolute Gasteiger partial charge is 0.376 e. The normalized spacial score (nSPS) is 21.7. The van der Waals surface area contributed by atoms with Gasteiger partial charge in [0.15, 0.2) is 0 Å². The molecule has 1 rings (SSSR count). The summed E-state index contributed by atoms with van der Waals surface area (Å²) in [6, 6.07) is 0.324. The van der Waals surface area contributed by atoms with E-state index in [0.717, 1.165) is 0 Å². The molecular formula is C10H20N2O3. The summed E-state index contributed by atoms with van der Waals surface area (Å²) < 4.78 is 10.6. The Kier molecular flexibility index (Phi) is 5.60. The van der Waals surface area contributed by atoms with Crippen molar-refractivity contribution in [2.24, 2.45) is 0 Å². The Morgan fingerprint density at radius 2 is 2.27 bits per heavy atom. The second kappa shape index (κ2) is 6.76. The van der Waals surface area contributed by atoms with E-state index in [2.05, 4.69) is 10.6 Å². The molecule has 1 heterocycles. The molecule has 1 atom stereocenters. The molecule has 1 fully saturated rings. The average Bonchev–Trinajstić information content (AvgIpc) is 2.25. The van der Waals surface area contributed by atoms with E-state index in [9.17, 15) is 4.79 Å². The van der Waals surface area contributed by atoms with E-state index in [-0.39, 0.29) is 12.0 Å². The number of amides is 1. The Hall–Kier alpha value is -0.650. The van der Waals surface area contributed by atoms with Gasteiger partial charge in [0.2, 0.25) is 5.91 Å². The standard InChI is InChI=1S/C10H20N2O3/c1-8(2)11-6-10(13)12-5-9-7-14-3-4-15-9/h8-9,11H,3-7H2,1-2H3,(H,12,13). The Labute approximate surface area is 90.5 Å². The minimum atomic E-state index is -0.00197. The lowest BCUT2D eigenvalue weighted by Gasteiger charge is -2.23. The van der Waals surface area contributed by atoms with Crippen molar-refractivity contribution in [1.82, 2.24) is 10.6 Å². The van der Waals surface area contributed by atoms with Gasteiger partial charge in [0.1, 0.15) is 0 Å². The number of hydrogen-bond donors (Lipinski definition) is 2. The van der Waals surface area contributed by atoms with E-state index in [1.807, 2.05) is 13.8 Å². The van der Waals surface area contributed by atoms with Gasteiger partial charge in [-0.2, -0.15) is 0 Å². The summed E-state index contributed by atoms with van der Waals surface area (Å²) in [6.45, 7) is 6.72. The zero-order valence-corrected chi connectivity index (χ0v) is 9.41. The van der Waals surface area contributed by atoms with E-state index in [1.54, 1.807) is 0 Å². The molecule has 88 valence electrons. The van der Waals surface area contributed by atoms with Gasteiger partial charge < -0.3 is 20.1 Å². The van der Waals surface area contributed by atoms with Crippen molar-refractivity contribution >= 4 is 5.91 Å². The first kappa shape index (κ1) is 12.4. The van der Waals surface area contributed by atoms with E-state index >= 15 is 0 Å². The molecule has 0 aromatic heterocycles. The van der Waals surface area contributed by atoms with Crippen molar-refractivity contribution < 1.29 is 14.3 Å². The minimum absolute atomic E-state index is 0.00162. The van der Waals surface area contributed by atoms with Crippen LogP contribution in [0, 0.1) is 0 Å². The molecule has 5 heteroatoms. The van der Waals surface area contributed by atoms with Gasteiger partial charge in [-0.25, -0.2) is 0 Å². The van der Waals surface area contributed by atoms with Crippen LogP contribution >= 0.6 is 0 Å². The fourth-order valence-corrected chi connectivity index (χ4v) is 1.24. The molecule has 0 radical (unpaired) electrons. The molecule has 1 unspecified atom stereocenters. The minimum Gasteiger partial charge on any atom is -0.376 e. The molecule has 0 saturated carbocycles. The molecule has 0 bridgehead atoms. The van der Waals surface area contributed by atoms with Crippen molar-refractivity contribution in [3.8, 4) is 0 Å². The molecule has 0 spiro atoms. The SMILES string of the molecule is CC(C)NCC(=O)NCC1COCCO1. The van der Waals surface area contributed by atoms with Crippen LogP contribution in [0.1, 0.15) is 13.8 Å². The number of nitrogens with one attached hydrogen (secondary N) is 2. The summed E-state index contributed by atoms with van der Waals surface area (Å²) in [6.07, 6.45) is 0.00162. The van der Waals surface area contributed by atoms with Crippen LogP contribution in [0.2, 0.25) is 0 Å². The second-order valence-corrected chi connectivity index (χ2v) is 3.91. The van der Waals surface area contributed by atoms with Crippen molar-refractivity contribution in [3.05, 3.63) is 0 Å². The predicted octanol–water partition coefficient (Wildman–Crippen LogP) is -0.484. The fraction of sp³-hybridized carbons (Fsp3) is 0.900. The van der Waals surface area contributed by atoms with Gasteiger partial charge in [-0.3, -0.25) is 4.79 Å². The van der Waals surface area contributed by atoms with Crippen LogP contribution in [0.5, 0.6) is 0 Å². The zero-order valence-electron chi connectivity index (χ0n) is 9.41. The van der Waals surface area contributed by atoms with Gasteiger partial charge in [0.05, 0.1) is 32.5 Å². The van der Waals surface area contributed by atoms with E-state index in [1.165, 1.54) is 0 Å². The summed E-state index contributed by atoms with van der Waals surface area (Å²) in [7, 11) is 0. The Bertz CT molecular complexity index is 191. The zero-order chi connectivity index (χ0) is 11.1. The molecule has 0 aromatic carbocycles. The topological polar surface area (TPSA) is 59.6 Å². The highest BCUT2D eigenvalue weighted by Crippen LogP contribution is 1.98. The Morgan fingerprint density at radius 3 is 2.87 bits per heavy atom. The third kappa shape index (κ3) is 5.71. The lowest BCUT2D eigenvalue weighted by molar-refractivity contribution is -0.123. The predicted molar refractivity (Wildman–Crippen MR) is 56.7 cm³/mol. The van der Waals surface area contributed by atoms with Gasteiger partial charge in [-0.15, -0.1) is 0 Å². The van der Waals surface area contributed by atoms with Crippen molar-refractivity contribution in [2.45, 2.75) is 26.0 Å². The first-order valence-corrected chi connectivity index (χ1v) is 5.38. The van der Waals surface area contributed by atoms with E-state index < -0.39 is 0 Å². The van der Waals surface area contributed by atoms with Crippen LogP contribution in [0.15, 0.2) is 0 Å². The van der Waals surface area contributed by atoms with E-state index in [0.29, 0.717) is 39.0 Å². The maximum Gasteiger partial charge on any atom is 0.234 e. The number of rotatable bonds is 5. The molecular weight excluding hydrogens is 196 g/mol. The Balaban J connectivity index is 2.05. The van der Waals surface area contributed by atoms with Gasteiger partial charge in [-0.1, -0.05) is 13.8 Å². The summed E-state index contributed by atoms with van der Waals surface area (Å²) in [5.41, 5.74) is 0. The van der Waals surface area contributed by atoms with Gasteiger partial charge in [0, 0.05) is 12.6 Å². The fourth-order valence-electron chi connectivity index (χ4n) is 1.24. The third-order valence-electron chi connectivity index (χ3n) is 2.08. The molecule has 1 aliphatic heterocycles. The molecule has 0 aromatic rings. The van der Waals surface area contributed by atoms with Gasteiger partial charge in [-0.05, 0) is 0 Å². The third-order valence-corrected chi connectivity index (χ3v) is 2.08. The Morgan fingerprint density at radius 1 is 1.47 bits per heavy atom. The number of carbonyl (C=O) groups excluding carboxylic acids is 1. The van der Waals surface area contributed by atoms with Crippen LogP contribution < -0.4 is 10.6 Å². The van der Waals surface area contributed by atoms with Gasteiger partial charge in [0.25, 0.3) is 0 Å². The molecule has 1 saturated heterocycles. The van der Waals surface area contributed by atoms with Crippen LogP contribution in [-0.2, 0) is 14.3 Å². The summed E-state index contributed by atoms with van der Waals surface area (Å²) in [5.74, 6) is -0.00197. The quantitative estimate of drug-likeness (QED) is 0.651. The number of ether oxygens (including phenoxy) is 2. The molecule has 5 nitrogen and oxygen atoms in total. The van der Waals surface area contributed by atoms with Crippen molar-refractivity contribution in [2.75, 3.05) is 32.9 Å². The highest BCUT2D eigenvalue weighted by molar-refractivity contribution is 5.78. The monoisotopic (exact) mass is 216 g/mol. The second-order valence-electron chi connectivity index (χ2n) is 3.91. The molecule has 1 amide bonds. The van der Waals surface area contributed by atoms with Crippen molar-refractivity contribution in [3.63, 3.8) is 0 Å². The summed E-state index contributed by atoms with van der Waals surface area (Å²) in [5, 5.41) is 5.85. The number of carbonyl (C=O) groups is 1. The molecule has 0 aliphatic carbocycles. The summed E-state index contributed by atoms with van der Waals surface area (Å²) in [4.78, 5) is 11.3. The lowest BCUT2D eigenvalue weighted by atomic mass is 10.3. The van der Waals surface area contributed by atoms with Gasteiger partial charge >= 0.3 is 0 Å². The smallest absolute Gasteiger partial charge is 0.234 e. The molecule has 15 heavy (non-hydrogen) atoms. The van der Waals surface area contributed by atoms with Crippen molar-refractivity contribution in [1.29, 1.82) is 0 Å². The first-order chi connectivity index (χ1) is 7.18. The molecule has 2 N–H and O–H groups in total. The highest BCUT2D eigenvalue weighted by Gasteiger charge is 2.14.